The van der Waals surface area contributed by atoms with Gasteiger partial charge in [0.05, 0.1) is 5.56 Å². The zero-order valence-electron chi connectivity index (χ0n) is 15.0. The quantitative estimate of drug-likeness (QED) is 0.924. The smallest absolute Gasteiger partial charge is 0.270 e. The number of hydrogen-bond donors (Lipinski definition) is 1. The van der Waals surface area contributed by atoms with E-state index in [1.165, 1.54) is 16.8 Å². The Morgan fingerprint density at radius 3 is 2.36 bits per heavy atom. The van der Waals surface area contributed by atoms with Gasteiger partial charge in [0.25, 0.3) is 5.91 Å². The number of amides is 2. The van der Waals surface area contributed by atoms with Crippen molar-refractivity contribution in [2.24, 2.45) is 12.8 Å². The van der Waals surface area contributed by atoms with Gasteiger partial charge in [0, 0.05) is 45.1 Å². The molecule has 0 bridgehead atoms. The maximum Gasteiger partial charge on any atom is 0.270 e. The van der Waals surface area contributed by atoms with Crippen molar-refractivity contribution in [2.45, 2.75) is 13.8 Å². The molecule has 1 fully saturated rings. The molecule has 0 aliphatic carbocycles. The van der Waals surface area contributed by atoms with Gasteiger partial charge in [-0.15, -0.1) is 0 Å². The Bertz CT molecular complexity index is 817. The number of rotatable bonds is 3. The number of aryl methyl sites for hydroxylation is 2. The molecule has 2 heterocycles. The van der Waals surface area contributed by atoms with Crippen LogP contribution in [-0.2, 0) is 7.05 Å². The van der Waals surface area contributed by atoms with Crippen LogP contribution in [0.2, 0.25) is 0 Å². The van der Waals surface area contributed by atoms with Crippen molar-refractivity contribution in [3.05, 3.63) is 52.8 Å². The highest BCUT2D eigenvalue weighted by Crippen LogP contribution is 2.24. The lowest BCUT2D eigenvalue weighted by Crippen LogP contribution is -2.49. The second-order valence-corrected chi connectivity index (χ2v) is 6.59. The molecule has 1 aromatic carbocycles. The molecule has 0 radical (unpaired) electrons. The standard InChI is InChI=1S/C19H24N4O2/c1-13-5-4-6-16(14(13)2)22-7-9-23(10-8-22)19(25)17-11-15(18(20)24)12-21(17)3/h4-6,11-12H,7-10H2,1-3H3,(H2,20,24). The Hall–Kier alpha value is -2.76. The van der Waals surface area contributed by atoms with Crippen molar-refractivity contribution in [1.82, 2.24) is 9.47 Å². The Labute approximate surface area is 147 Å². The highest BCUT2D eigenvalue weighted by atomic mass is 16.2. The number of nitrogens with two attached hydrogens (primary N) is 1. The fourth-order valence-corrected chi connectivity index (χ4v) is 3.30. The normalized spacial score (nSPS) is 14.7. The third kappa shape index (κ3) is 3.24. The fourth-order valence-electron chi connectivity index (χ4n) is 3.30. The molecule has 2 aromatic rings. The zero-order chi connectivity index (χ0) is 18.1. The SMILES string of the molecule is Cc1cccc(N2CCN(C(=O)c3cc(C(N)=O)cn3C)CC2)c1C. The van der Waals surface area contributed by atoms with Gasteiger partial charge in [-0.25, -0.2) is 0 Å². The topological polar surface area (TPSA) is 71.6 Å². The molecule has 1 aromatic heterocycles. The fraction of sp³-hybridized carbons (Fsp3) is 0.368. The molecular weight excluding hydrogens is 316 g/mol. The Balaban J connectivity index is 1.71. The summed E-state index contributed by atoms with van der Waals surface area (Å²) in [6, 6.07) is 7.90. The lowest BCUT2D eigenvalue weighted by atomic mass is 10.1. The molecule has 0 atom stereocenters. The summed E-state index contributed by atoms with van der Waals surface area (Å²) in [5.41, 5.74) is 9.96. The van der Waals surface area contributed by atoms with E-state index in [1.807, 2.05) is 4.90 Å². The van der Waals surface area contributed by atoms with Crippen LogP contribution in [0.15, 0.2) is 30.5 Å². The molecule has 1 aliphatic heterocycles. The number of carbonyl (C=O) groups is 2. The van der Waals surface area contributed by atoms with Gasteiger partial charge >= 0.3 is 0 Å². The molecule has 0 saturated carbocycles. The number of nitrogens with zero attached hydrogens (tertiary/aromatic N) is 3. The molecule has 2 amide bonds. The van der Waals surface area contributed by atoms with E-state index in [-0.39, 0.29) is 5.91 Å². The van der Waals surface area contributed by atoms with E-state index in [2.05, 4.69) is 36.9 Å². The monoisotopic (exact) mass is 340 g/mol. The van der Waals surface area contributed by atoms with Crippen molar-refractivity contribution in [3.8, 4) is 0 Å². The maximum atomic E-state index is 12.8. The summed E-state index contributed by atoms with van der Waals surface area (Å²) in [4.78, 5) is 28.2. The van der Waals surface area contributed by atoms with Crippen LogP contribution < -0.4 is 10.6 Å². The van der Waals surface area contributed by atoms with Crippen molar-refractivity contribution in [2.75, 3.05) is 31.1 Å². The van der Waals surface area contributed by atoms with Crippen LogP contribution in [0.4, 0.5) is 5.69 Å². The molecule has 132 valence electrons. The van der Waals surface area contributed by atoms with Crippen LogP contribution in [0.25, 0.3) is 0 Å². The van der Waals surface area contributed by atoms with Gasteiger partial charge < -0.3 is 20.1 Å². The Kier molecular flexibility index (Phi) is 4.53. The van der Waals surface area contributed by atoms with Crippen molar-refractivity contribution < 1.29 is 9.59 Å². The molecule has 6 heteroatoms. The molecule has 6 nitrogen and oxygen atoms in total. The van der Waals surface area contributed by atoms with E-state index < -0.39 is 5.91 Å². The number of hydrogen-bond acceptors (Lipinski definition) is 3. The van der Waals surface area contributed by atoms with Gasteiger partial charge in [0.1, 0.15) is 5.69 Å². The number of piperazine rings is 1. The minimum atomic E-state index is -0.519. The number of primary amides is 1. The highest BCUT2D eigenvalue weighted by Gasteiger charge is 2.25. The summed E-state index contributed by atoms with van der Waals surface area (Å²) in [5, 5.41) is 0. The number of benzene rings is 1. The summed E-state index contributed by atoms with van der Waals surface area (Å²) >= 11 is 0. The first-order valence-electron chi connectivity index (χ1n) is 8.45. The van der Waals surface area contributed by atoms with Gasteiger partial charge in [0.2, 0.25) is 5.91 Å². The second kappa shape index (κ2) is 6.63. The van der Waals surface area contributed by atoms with Crippen molar-refractivity contribution in [3.63, 3.8) is 0 Å². The highest BCUT2D eigenvalue weighted by molar-refractivity contribution is 5.98. The summed E-state index contributed by atoms with van der Waals surface area (Å²) in [7, 11) is 1.76. The molecule has 2 N–H and O–H groups in total. The molecule has 1 aliphatic rings. The minimum absolute atomic E-state index is 0.0596. The average Bonchev–Trinajstić information content (AvgIpc) is 2.99. The van der Waals surface area contributed by atoms with Gasteiger partial charge in [-0.1, -0.05) is 12.1 Å². The zero-order valence-corrected chi connectivity index (χ0v) is 15.0. The van der Waals surface area contributed by atoms with E-state index in [9.17, 15) is 9.59 Å². The first-order valence-corrected chi connectivity index (χ1v) is 8.45. The predicted molar refractivity (Wildman–Crippen MR) is 98.0 cm³/mol. The van der Waals surface area contributed by atoms with Gasteiger partial charge in [-0.3, -0.25) is 9.59 Å². The second-order valence-electron chi connectivity index (χ2n) is 6.59. The van der Waals surface area contributed by atoms with Crippen LogP contribution in [0, 0.1) is 13.8 Å². The molecule has 0 spiro atoms. The van der Waals surface area contributed by atoms with Crippen molar-refractivity contribution >= 4 is 17.5 Å². The van der Waals surface area contributed by atoms with Gasteiger partial charge in [-0.05, 0) is 37.1 Å². The number of anilines is 1. The lowest BCUT2D eigenvalue weighted by Gasteiger charge is -2.37. The van der Waals surface area contributed by atoms with Crippen molar-refractivity contribution in [1.29, 1.82) is 0 Å². The van der Waals surface area contributed by atoms with Crippen LogP contribution in [-0.4, -0.2) is 47.5 Å². The van der Waals surface area contributed by atoms with Crippen LogP contribution in [0.1, 0.15) is 32.0 Å². The predicted octanol–water partition coefficient (Wildman–Crippen LogP) is 1.70. The largest absolute Gasteiger partial charge is 0.368 e. The molecule has 1 saturated heterocycles. The van der Waals surface area contributed by atoms with Crippen LogP contribution in [0.3, 0.4) is 0 Å². The third-order valence-electron chi connectivity index (χ3n) is 4.99. The number of aromatic nitrogens is 1. The summed E-state index contributed by atoms with van der Waals surface area (Å²) in [5.74, 6) is -0.579. The Morgan fingerprint density at radius 1 is 1.08 bits per heavy atom. The third-order valence-corrected chi connectivity index (χ3v) is 4.99. The number of carbonyl (C=O) groups excluding carboxylic acids is 2. The van der Waals surface area contributed by atoms with Gasteiger partial charge in [-0.2, -0.15) is 0 Å². The molecule has 25 heavy (non-hydrogen) atoms. The van der Waals surface area contributed by atoms with Gasteiger partial charge in [0.15, 0.2) is 0 Å². The lowest BCUT2D eigenvalue weighted by molar-refractivity contribution is 0.0737. The molecular formula is C19H24N4O2. The van der Waals surface area contributed by atoms with E-state index in [4.69, 9.17) is 5.73 Å². The minimum Gasteiger partial charge on any atom is -0.368 e. The summed E-state index contributed by atoms with van der Waals surface area (Å²) in [6.07, 6.45) is 1.60. The average molecular weight is 340 g/mol. The van der Waals surface area contributed by atoms with Crippen LogP contribution >= 0.6 is 0 Å². The first-order chi connectivity index (χ1) is 11.9. The summed E-state index contributed by atoms with van der Waals surface area (Å²) in [6.45, 7) is 7.15. The molecule has 3 rings (SSSR count). The first kappa shape index (κ1) is 17.1. The van der Waals surface area contributed by atoms with Crippen LogP contribution in [0.5, 0.6) is 0 Å². The summed E-state index contributed by atoms with van der Waals surface area (Å²) < 4.78 is 1.67. The maximum absolute atomic E-state index is 12.8. The van der Waals surface area contributed by atoms with E-state index >= 15 is 0 Å². The van der Waals surface area contributed by atoms with E-state index in [1.54, 1.807) is 23.9 Å². The van der Waals surface area contributed by atoms with E-state index in [0.29, 0.717) is 24.3 Å². The van der Waals surface area contributed by atoms with E-state index in [0.717, 1.165) is 13.1 Å². The molecule has 0 unspecified atom stereocenters. The Morgan fingerprint density at radius 2 is 1.76 bits per heavy atom.